The molecular weight excluding hydrogens is 434 g/mol. The van der Waals surface area contributed by atoms with Gasteiger partial charge in [0.15, 0.2) is 11.7 Å². The van der Waals surface area contributed by atoms with Gasteiger partial charge in [-0.15, -0.1) is 11.3 Å². The maximum atomic E-state index is 12.4. The zero-order valence-electron chi connectivity index (χ0n) is 19.4. The van der Waals surface area contributed by atoms with Crippen LogP contribution in [0, 0.1) is 0 Å². The van der Waals surface area contributed by atoms with E-state index in [2.05, 4.69) is 41.6 Å². The summed E-state index contributed by atoms with van der Waals surface area (Å²) in [4.78, 5) is 27.9. The highest BCUT2D eigenvalue weighted by Crippen LogP contribution is 2.29. The fraction of sp³-hybridized carbons (Fsp3) is 0.346. The van der Waals surface area contributed by atoms with Gasteiger partial charge in [0, 0.05) is 24.4 Å². The molecule has 0 saturated heterocycles. The second-order valence-corrected chi connectivity index (χ2v) is 8.86. The summed E-state index contributed by atoms with van der Waals surface area (Å²) in [6.07, 6.45) is 2.81. The molecule has 1 heterocycles. The number of anilines is 1. The minimum atomic E-state index is -0.232. The molecule has 1 unspecified atom stereocenters. The number of benzene rings is 2. The first-order chi connectivity index (χ1) is 16.0. The molecule has 2 aromatic carbocycles. The molecule has 1 atom stereocenters. The third-order valence-electron chi connectivity index (χ3n) is 5.44. The molecule has 1 aromatic heterocycles. The Morgan fingerprint density at radius 2 is 1.88 bits per heavy atom. The van der Waals surface area contributed by atoms with Gasteiger partial charge in [0.05, 0.1) is 5.69 Å². The van der Waals surface area contributed by atoms with Crippen LogP contribution < -0.4 is 15.4 Å². The van der Waals surface area contributed by atoms with E-state index in [0.29, 0.717) is 17.6 Å². The molecule has 174 valence electrons. The number of hydrogen-bond donors (Lipinski definition) is 2. The molecule has 7 heteroatoms. The Balaban J connectivity index is 1.51. The van der Waals surface area contributed by atoms with Crippen molar-refractivity contribution in [2.24, 2.45) is 0 Å². The monoisotopic (exact) mass is 465 g/mol. The second kappa shape index (κ2) is 12.2. The van der Waals surface area contributed by atoms with Gasteiger partial charge in [0.1, 0.15) is 5.75 Å². The van der Waals surface area contributed by atoms with Gasteiger partial charge < -0.3 is 10.1 Å². The molecule has 0 bridgehead atoms. The number of nitrogens with one attached hydrogen (secondary N) is 2. The second-order valence-electron chi connectivity index (χ2n) is 8.01. The first kappa shape index (κ1) is 24.5. The van der Waals surface area contributed by atoms with E-state index in [4.69, 9.17) is 4.74 Å². The number of thiazole rings is 1. The van der Waals surface area contributed by atoms with Crippen molar-refractivity contribution >= 4 is 28.3 Å². The molecular formula is C26H31N3O3S. The summed E-state index contributed by atoms with van der Waals surface area (Å²) >= 11 is 1.39. The minimum Gasteiger partial charge on any atom is -0.483 e. The maximum Gasteiger partial charge on any atom is 0.264 e. The van der Waals surface area contributed by atoms with Gasteiger partial charge >= 0.3 is 0 Å². The van der Waals surface area contributed by atoms with E-state index < -0.39 is 0 Å². The third kappa shape index (κ3) is 7.43. The summed E-state index contributed by atoms with van der Waals surface area (Å²) in [6, 6.07) is 16.1. The van der Waals surface area contributed by atoms with E-state index >= 15 is 0 Å². The molecule has 3 rings (SSSR count). The molecule has 0 spiro atoms. The summed E-state index contributed by atoms with van der Waals surface area (Å²) in [5.41, 5.74) is 4.14. The predicted molar refractivity (Wildman–Crippen MR) is 134 cm³/mol. The highest BCUT2D eigenvalue weighted by molar-refractivity contribution is 7.14. The number of rotatable bonds is 11. The molecule has 3 aromatic rings. The molecule has 6 nitrogen and oxygen atoms in total. The highest BCUT2D eigenvalue weighted by Gasteiger charge is 2.13. The van der Waals surface area contributed by atoms with Crippen molar-refractivity contribution in [1.82, 2.24) is 10.3 Å². The number of carbonyl (C=O) groups is 2. The topological polar surface area (TPSA) is 80.3 Å². The van der Waals surface area contributed by atoms with Crippen molar-refractivity contribution in [2.45, 2.75) is 46.0 Å². The van der Waals surface area contributed by atoms with Crippen molar-refractivity contribution in [3.8, 4) is 17.0 Å². The van der Waals surface area contributed by atoms with E-state index in [1.807, 2.05) is 41.8 Å². The Morgan fingerprint density at radius 1 is 1.12 bits per heavy atom. The standard InChI is InChI=1S/C26H31N3O3S/c1-4-18(2)22-9-5-6-10-24(22)32-16-25(31)29-26-28-23(17-33-26)21-13-11-20(12-14-21)8-7-15-27-19(3)30/h5-6,9-14,17-18H,4,7-8,15-16H2,1-3H3,(H,27,30)(H,28,29,31). The van der Waals surface area contributed by atoms with Crippen LogP contribution in [0.3, 0.4) is 0 Å². The fourth-order valence-electron chi connectivity index (χ4n) is 3.40. The average molecular weight is 466 g/mol. The summed E-state index contributed by atoms with van der Waals surface area (Å²) in [5, 5.41) is 8.12. The van der Waals surface area contributed by atoms with E-state index in [-0.39, 0.29) is 18.4 Å². The Labute approximate surface area is 199 Å². The van der Waals surface area contributed by atoms with Gasteiger partial charge in [0.2, 0.25) is 5.91 Å². The number of aromatic nitrogens is 1. The first-order valence-electron chi connectivity index (χ1n) is 11.3. The van der Waals surface area contributed by atoms with Crippen LogP contribution in [0.15, 0.2) is 53.9 Å². The smallest absolute Gasteiger partial charge is 0.264 e. The quantitative estimate of drug-likeness (QED) is 0.371. The van der Waals surface area contributed by atoms with Crippen molar-refractivity contribution < 1.29 is 14.3 Å². The zero-order chi connectivity index (χ0) is 23.6. The van der Waals surface area contributed by atoms with Crippen LogP contribution in [0.25, 0.3) is 11.3 Å². The molecule has 2 amide bonds. The summed E-state index contributed by atoms with van der Waals surface area (Å²) in [5.74, 6) is 0.886. The lowest BCUT2D eigenvalue weighted by molar-refractivity contribution is -0.119. The number of carbonyl (C=O) groups excluding carboxylic acids is 2. The van der Waals surface area contributed by atoms with E-state index in [1.54, 1.807) is 0 Å². The van der Waals surface area contributed by atoms with Gasteiger partial charge in [-0.2, -0.15) is 0 Å². The SMILES string of the molecule is CCC(C)c1ccccc1OCC(=O)Nc1nc(-c2ccc(CCCNC(C)=O)cc2)cs1. The fourth-order valence-corrected chi connectivity index (χ4v) is 4.14. The maximum absolute atomic E-state index is 12.4. The Morgan fingerprint density at radius 3 is 2.61 bits per heavy atom. The Hall–Kier alpha value is -3.19. The summed E-state index contributed by atoms with van der Waals surface area (Å²) in [6.45, 7) is 6.43. The van der Waals surface area contributed by atoms with Gasteiger partial charge in [-0.3, -0.25) is 14.9 Å². The van der Waals surface area contributed by atoms with E-state index in [0.717, 1.165) is 41.8 Å². The summed E-state index contributed by atoms with van der Waals surface area (Å²) in [7, 11) is 0. The van der Waals surface area contributed by atoms with Crippen LogP contribution in [0.1, 0.15) is 50.7 Å². The van der Waals surface area contributed by atoms with E-state index in [1.165, 1.54) is 23.8 Å². The van der Waals surface area contributed by atoms with Gasteiger partial charge in [-0.1, -0.05) is 56.3 Å². The van der Waals surface area contributed by atoms with Crippen LogP contribution in [0.4, 0.5) is 5.13 Å². The number of ether oxygens (including phenoxy) is 1. The first-order valence-corrected chi connectivity index (χ1v) is 12.1. The van der Waals surface area contributed by atoms with Gasteiger partial charge in [0.25, 0.3) is 5.91 Å². The van der Waals surface area contributed by atoms with Crippen LogP contribution in [0.2, 0.25) is 0 Å². The van der Waals surface area contributed by atoms with Crippen LogP contribution in [0.5, 0.6) is 5.75 Å². The van der Waals surface area contributed by atoms with Crippen molar-refractivity contribution in [3.63, 3.8) is 0 Å². The van der Waals surface area contributed by atoms with Crippen molar-refractivity contribution in [1.29, 1.82) is 0 Å². The molecule has 2 N–H and O–H groups in total. The van der Waals surface area contributed by atoms with Crippen molar-refractivity contribution in [3.05, 3.63) is 65.0 Å². The van der Waals surface area contributed by atoms with Gasteiger partial charge in [-0.25, -0.2) is 4.98 Å². The summed E-state index contributed by atoms with van der Waals surface area (Å²) < 4.78 is 5.79. The lowest BCUT2D eigenvalue weighted by atomic mass is 9.98. The number of nitrogens with zero attached hydrogens (tertiary/aromatic N) is 1. The predicted octanol–water partition coefficient (Wildman–Crippen LogP) is 5.41. The molecule has 0 radical (unpaired) electrons. The molecule has 0 aliphatic rings. The third-order valence-corrected chi connectivity index (χ3v) is 6.20. The highest BCUT2D eigenvalue weighted by atomic mass is 32.1. The van der Waals surface area contributed by atoms with Gasteiger partial charge in [-0.05, 0) is 42.4 Å². The Bertz CT molecular complexity index is 1060. The zero-order valence-corrected chi connectivity index (χ0v) is 20.2. The lowest BCUT2D eigenvalue weighted by Crippen LogP contribution is -2.21. The Kier molecular flexibility index (Phi) is 9.01. The largest absolute Gasteiger partial charge is 0.483 e. The lowest BCUT2D eigenvalue weighted by Gasteiger charge is -2.15. The number of amides is 2. The number of hydrogen-bond acceptors (Lipinski definition) is 5. The molecule has 0 aliphatic heterocycles. The van der Waals surface area contributed by atoms with Crippen LogP contribution in [-0.2, 0) is 16.0 Å². The van der Waals surface area contributed by atoms with Crippen LogP contribution >= 0.6 is 11.3 Å². The van der Waals surface area contributed by atoms with E-state index in [9.17, 15) is 9.59 Å². The molecule has 0 fully saturated rings. The normalized spacial score (nSPS) is 11.6. The number of para-hydroxylation sites is 1. The molecule has 0 aliphatic carbocycles. The number of aryl methyl sites for hydroxylation is 1. The molecule has 0 saturated carbocycles. The average Bonchev–Trinajstić information content (AvgIpc) is 3.28. The van der Waals surface area contributed by atoms with Crippen LogP contribution in [-0.4, -0.2) is 29.9 Å². The van der Waals surface area contributed by atoms with Crippen molar-refractivity contribution in [2.75, 3.05) is 18.5 Å². The minimum absolute atomic E-state index is 0.000699. The molecule has 33 heavy (non-hydrogen) atoms.